The Morgan fingerprint density at radius 1 is 1.04 bits per heavy atom. The van der Waals surface area contributed by atoms with Crippen LogP contribution >= 0.6 is 0 Å². The van der Waals surface area contributed by atoms with Gasteiger partial charge in [0.25, 0.3) is 0 Å². The molecular weight excluding hydrogens is 306 g/mol. The van der Waals surface area contributed by atoms with E-state index in [-0.39, 0.29) is 12.0 Å². The van der Waals surface area contributed by atoms with Crippen LogP contribution in [0, 0.1) is 5.82 Å². The zero-order valence-corrected chi connectivity index (χ0v) is 12.4. The normalized spacial score (nSPS) is 21.6. The van der Waals surface area contributed by atoms with Gasteiger partial charge in [-0.3, -0.25) is 0 Å². The van der Waals surface area contributed by atoms with Gasteiger partial charge in [-0.1, -0.05) is 36.4 Å². The molecule has 0 radical (unpaired) electrons. The molecule has 1 heterocycles. The Labute approximate surface area is 132 Å². The van der Waals surface area contributed by atoms with Crippen LogP contribution in [0.5, 0.6) is 0 Å². The minimum Gasteiger partial charge on any atom is -0.313 e. The summed E-state index contributed by atoms with van der Waals surface area (Å²) in [5.74, 6) is -1.24. The highest BCUT2D eigenvalue weighted by Gasteiger charge is 2.35. The first-order chi connectivity index (χ1) is 10.9. The van der Waals surface area contributed by atoms with Crippen molar-refractivity contribution in [2.24, 2.45) is 0 Å². The molecule has 23 heavy (non-hydrogen) atoms. The molecule has 0 aromatic heterocycles. The molecule has 1 nitrogen and oxygen atoms in total. The quantitative estimate of drug-likeness (QED) is 0.818. The van der Waals surface area contributed by atoms with E-state index < -0.39 is 17.6 Å². The highest BCUT2D eigenvalue weighted by molar-refractivity contribution is 5.31. The molecule has 0 aliphatic carbocycles. The first-order valence-electron chi connectivity index (χ1n) is 7.57. The van der Waals surface area contributed by atoms with Crippen LogP contribution in [0.4, 0.5) is 17.6 Å². The molecule has 5 heteroatoms. The van der Waals surface area contributed by atoms with Gasteiger partial charge < -0.3 is 5.32 Å². The SMILES string of the molecule is Fc1ccc(C2CNC(Cc3ccccc3)C2)cc1C(F)(F)F. The van der Waals surface area contributed by atoms with Crippen molar-refractivity contribution >= 4 is 0 Å². The minimum absolute atomic E-state index is 0.0228. The molecule has 2 atom stereocenters. The van der Waals surface area contributed by atoms with E-state index in [1.807, 2.05) is 30.3 Å². The third kappa shape index (κ3) is 3.72. The zero-order chi connectivity index (χ0) is 16.4. The second-order valence-corrected chi connectivity index (χ2v) is 5.96. The fraction of sp³-hybridized carbons (Fsp3) is 0.333. The van der Waals surface area contributed by atoms with Crippen LogP contribution in [0.2, 0.25) is 0 Å². The van der Waals surface area contributed by atoms with Gasteiger partial charge in [0.2, 0.25) is 0 Å². The van der Waals surface area contributed by atoms with Crippen molar-refractivity contribution in [3.8, 4) is 0 Å². The highest BCUT2D eigenvalue weighted by atomic mass is 19.4. The van der Waals surface area contributed by atoms with Crippen molar-refractivity contribution in [3.63, 3.8) is 0 Å². The second kappa shape index (κ2) is 6.32. The van der Waals surface area contributed by atoms with Gasteiger partial charge in [-0.2, -0.15) is 13.2 Å². The van der Waals surface area contributed by atoms with Crippen molar-refractivity contribution in [2.45, 2.75) is 31.0 Å². The lowest BCUT2D eigenvalue weighted by Crippen LogP contribution is -2.23. The van der Waals surface area contributed by atoms with Gasteiger partial charge in [-0.15, -0.1) is 0 Å². The average Bonchev–Trinajstić information content (AvgIpc) is 2.96. The summed E-state index contributed by atoms with van der Waals surface area (Å²) in [6, 6.07) is 13.5. The van der Waals surface area contributed by atoms with E-state index >= 15 is 0 Å². The van der Waals surface area contributed by atoms with Crippen molar-refractivity contribution in [1.82, 2.24) is 5.32 Å². The smallest absolute Gasteiger partial charge is 0.313 e. The van der Waals surface area contributed by atoms with E-state index in [9.17, 15) is 17.6 Å². The molecule has 0 saturated carbocycles. The second-order valence-electron chi connectivity index (χ2n) is 5.96. The summed E-state index contributed by atoms with van der Waals surface area (Å²) in [6.07, 6.45) is -3.07. The fourth-order valence-electron chi connectivity index (χ4n) is 3.14. The molecule has 122 valence electrons. The lowest BCUT2D eigenvalue weighted by Gasteiger charge is -2.14. The molecule has 0 bridgehead atoms. The zero-order valence-electron chi connectivity index (χ0n) is 12.4. The molecule has 1 aliphatic rings. The fourth-order valence-corrected chi connectivity index (χ4v) is 3.14. The summed E-state index contributed by atoms with van der Waals surface area (Å²) in [5.41, 5.74) is 0.559. The summed E-state index contributed by atoms with van der Waals surface area (Å²) < 4.78 is 51.9. The summed E-state index contributed by atoms with van der Waals surface area (Å²) in [4.78, 5) is 0. The van der Waals surface area contributed by atoms with Crippen LogP contribution in [-0.4, -0.2) is 12.6 Å². The molecule has 2 aromatic carbocycles. The molecule has 0 spiro atoms. The van der Waals surface area contributed by atoms with E-state index in [2.05, 4.69) is 5.32 Å². The van der Waals surface area contributed by atoms with Crippen LogP contribution < -0.4 is 5.32 Å². The van der Waals surface area contributed by atoms with Gasteiger partial charge in [-0.25, -0.2) is 4.39 Å². The lowest BCUT2D eigenvalue weighted by atomic mass is 9.93. The lowest BCUT2D eigenvalue weighted by molar-refractivity contribution is -0.140. The first kappa shape index (κ1) is 16.0. The molecule has 1 saturated heterocycles. The van der Waals surface area contributed by atoms with E-state index in [0.29, 0.717) is 12.1 Å². The Kier molecular flexibility index (Phi) is 4.39. The number of hydrogen-bond donors (Lipinski definition) is 1. The molecule has 1 N–H and O–H groups in total. The van der Waals surface area contributed by atoms with Gasteiger partial charge in [-0.05, 0) is 42.0 Å². The van der Waals surface area contributed by atoms with E-state index in [1.54, 1.807) is 0 Å². The Balaban J connectivity index is 1.72. The van der Waals surface area contributed by atoms with Crippen molar-refractivity contribution < 1.29 is 17.6 Å². The van der Waals surface area contributed by atoms with E-state index in [0.717, 1.165) is 25.0 Å². The predicted octanol–water partition coefficient (Wildman–Crippen LogP) is 4.53. The standard InChI is InChI=1S/C18H17F4N/c19-17-7-6-13(10-16(17)18(20,21)22)14-9-15(23-11-14)8-12-4-2-1-3-5-12/h1-7,10,14-15,23H,8-9,11H2. The van der Waals surface area contributed by atoms with Crippen LogP contribution in [0.15, 0.2) is 48.5 Å². The van der Waals surface area contributed by atoms with Crippen LogP contribution in [0.3, 0.4) is 0 Å². The number of nitrogens with one attached hydrogen (secondary N) is 1. The van der Waals surface area contributed by atoms with Crippen LogP contribution in [-0.2, 0) is 12.6 Å². The first-order valence-corrected chi connectivity index (χ1v) is 7.57. The molecule has 2 unspecified atom stereocenters. The van der Waals surface area contributed by atoms with Gasteiger partial charge in [0.05, 0.1) is 5.56 Å². The van der Waals surface area contributed by atoms with Gasteiger partial charge in [0, 0.05) is 12.6 Å². The summed E-state index contributed by atoms with van der Waals surface area (Å²) in [7, 11) is 0. The molecule has 1 aliphatic heterocycles. The molecule has 3 rings (SSSR count). The summed E-state index contributed by atoms with van der Waals surface area (Å²) in [5, 5.41) is 3.35. The number of halogens is 4. The average molecular weight is 323 g/mol. The molecular formula is C18H17F4N. The largest absolute Gasteiger partial charge is 0.419 e. The third-order valence-electron chi connectivity index (χ3n) is 4.31. The van der Waals surface area contributed by atoms with Crippen LogP contribution in [0.1, 0.15) is 29.0 Å². The summed E-state index contributed by atoms with van der Waals surface area (Å²) in [6.45, 7) is 0.612. The maximum Gasteiger partial charge on any atom is 0.419 e. The Morgan fingerprint density at radius 3 is 2.48 bits per heavy atom. The topological polar surface area (TPSA) is 12.0 Å². The number of hydrogen-bond acceptors (Lipinski definition) is 1. The van der Waals surface area contributed by atoms with E-state index in [1.165, 1.54) is 11.6 Å². The van der Waals surface area contributed by atoms with Gasteiger partial charge in [0.1, 0.15) is 5.82 Å². The maximum absolute atomic E-state index is 13.4. The Morgan fingerprint density at radius 2 is 1.78 bits per heavy atom. The van der Waals surface area contributed by atoms with Crippen LogP contribution in [0.25, 0.3) is 0 Å². The third-order valence-corrected chi connectivity index (χ3v) is 4.31. The maximum atomic E-state index is 13.4. The Hall–Kier alpha value is -1.88. The van der Waals surface area contributed by atoms with Crippen molar-refractivity contribution in [1.29, 1.82) is 0 Å². The highest BCUT2D eigenvalue weighted by Crippen LogP contribution is 2.35. The monoisotopic (exact) mass is 323 g/mol. The van der Waals surface area contributed by atoms with Gasteiger partial charge >= 0.3 is 6.18 Å². The minimum atomic E-state index is -4.66. The van der Waals surface area contributed by atoms with Gasteiger partial charge in [0.15, 0.2) is 0 Å². The molecule has 0 amide bonds. The number of benzene rings is 2. The van der Waals surface area contributed by atoms with Crippen molar-refractivity contribution in [3.05, 3.63) is 71.0 Å². The number of alkyl halides is 3. The molecule has 1 fully saturated rings. The molecule has 2 aromatic rings. The summed E-state index contributed by atoms with van der Waals surface area (Å²) >= 11 is 0. The van der Waals surface area contributed by atoms with Crippen molar-refractivity contribution in [2.75, 3.05) is 6.54 Å². The Bertz CT molecular complexity index is 666. The number of rotatable bonds is 3. The predicted molar refractivity (Wildman–Crippen MR) is 80.7 cm³/mol. The van der Waals surface area contributed by atoms with E-state index in [4.69, 9.17) is 0 Å².